The van der Waals surface area contributed by atoms with Crippen molar-refractivity contribution in [3.63, 3.8) is 0 Å². The van der Waals surface area contributed by atoms with Gasteiger partial charge in [0.25, 0.3) is 0 Å². The monoisotopic (exact) mass is 366 g/mol. The number of hydrogen-bond acceptors (Lipinski definition) is 4. The van der Waals surface area contributed by atoms with Gasteiger partial charge in [0.15, 0.2) is 0 Å². The van der Waals surface area contributed by atoms with Gasteiger partial charge in [0.05, 0.1) is 0 Å². The van der Waals surface area contributed by atoms with Gasteiger partial charge in [0, 0.05) is 29.6 Å². The normalized spacial score (nSPS) is 18.5. The number of ether oxygens (including phenoxy) is 1. The van der Waals surface area contributed by atoms with Crippen LogP contribution in [-0.2, 0) is 9.53 Å². The number of hydrogen-bond donors (Lipinski definition) is 1. The van der Waals surface area contributed by atoms with Crippen LogP contribution < -0.4 is 5.32 Å². The fourth-order valence-corrected chi connectivity index (χ4v) is 3.47. The summed E-state index contributed by atoms with van der Waals surface area (Å²) in [4.78, 5) is 26.0. The summed E-state index contributed by atoms with van der Waals surface area (Å²) in [7, 11) is 1.85. The Labute approximate surface area is 154 Å². The van der Waals surface area contributed by atoms with Crippen LogP contribution in [0.15, 0.2) is 24.3 Å². The molecule has 0 aliphatic carbocycles. The van der Waals surface area contributed by atoms with Crippen LogP contribution in [0, 0.1) is 5.41 Å². The molecule has 1 amide bonds. The van der Waals surface area contributed by atoms with Gasteiger partial charge in [-0.25, -0.2) is 4.79 Å². The van der Waals surface area contributed by atoms with Gasteiger partial charge in [-0.3, -0.25) is 0 Å². The van der Waals surface area contributed by atoms with E-state index in [0.717, 1.165) is 11.8 Å². The van der Waals surface area contributed by atoms with E-state index in [1.54, 1.807) is 4.90 Å². The molecule has 5 nitrogen and oxygen atoms in total. The largest absolute Gasteiger partial charge is 0.444 e. The summed E-state index contributed by atoms with van der Waals surface area (Å²) in [6.45, 7) is 6.55. The van der Waals surface area contributed by atoms with Gasteiger partial charge in [0.2, 0.25) is 0 Å². The molecule has 2 rings (SSSR count). The Balaban J connectivity index is 2.13. The molecule has 0 bridgehead atoms. The van der Waals surface area contributed by atoms with E-state index in [1.807, 2.05) is 52.1 Å². The molecule has 1 saturated heterocycles. The van der Waals surface area contributed by atoms with Gasteiger partial charge < -0.3 is 19.7 Å². The smallest absolute Gasteiger partial charge is 0.410 e. The van der Waals surface area contributed by atoms with Crippen LogP contribution in [-0.4, -0.2) is 43.0 Å². The van der Waals surface area contributed by atoms with Crippen LogP contribution >= 0.6 is 11.6 Å². The van der Waals surface area contributed by atoms with Crippen LogP contribution in [0.5, 0.6) is 0 Å². The van der Waals surface area contributed by atoms with Gasteiger partial charge >= 0.3 is 6.09 Å². The molecule has 1 aromatic carbocycles. The molecular formula is C19H27ClN2O3. The fraction of sp³-hybridized carbons (Fsp3) is 0.579. The maximum absolute atomic E-state index is 12.2. The summed E-state index contributed by atoms with van der Waals surface area (Å²) in [5.41, 5.74) is -0.0570. The molecule has 1 aromatic rings. The summed E-state index contributed by atoms with van der Waals surface area (Å²) in [6, 6.07) is 7.41. The van der Waals surface area contributed by atoms with E-state index in [0.29, 0.717) is 31.0 Å². The lowest BCUT2D eigenvalue weighted by Crippen LogP contribution is -2.49. The molecule has 0 spiro atoms. The number of halogens is 1. The van der Waals surface area contributed by atoms with Crippen LogP contribution in [0.4, 0.5) is 4.79 Å². The average Bonchev–Trinajstić information content (AvgIpc) is 2.56. The van der Waals surface area contributed by atoms with Crippen LogP contribution in [0.3, 0.4) is 0 Å². The van der Waals surface area contributed by atoms with E-state index in [4.69, 9.17) is 16.3 Å². The number of amides is 1. The van der Waals surface area contributed by atoms with Crippen molar-refractivity contribution in [2.75, 3.05) is 20.1 Å². The number of nitrogens with zero attached hydrogens (tertiary/aromatic N) is 1. The van der Waals surface area contributed by atoms with Gasteiger partial charge in [-0.2, -0.15) is 0 Å². The molecule has 1 atom stereocenters. The first-order chi connectivity index (χ1) is 11.7. The Hall–Kier alpha value is -1.59. The summed E-state index contributed by atoms with van der Waals surface area (Å²) in [5, 5.41) is 3.94. The van der Waals surface area contributed by atoms with Crippen molar-refractivity contribution >= 4 is 24.0 Å². The van der Waals surface area contributed by atoms with Crippen molar-refractivity contribution in [3.05, 3.63) is 34.9 Å². The van der Waals surface area contributed by atoms with Crippen molar-refractivity contribution in [2.24, 2.45) is 5.41 Å². The molecule has 1 aliphatic rings. The number of benzene rings is 1. The first-order valence-corrected chi connectivity index (χ1v) is 8.95. The van der Waals surface area contributed by atoms with Gasteiger partial charge in [-0.1, -0.05) is 23.7 Å². The first-order valence-electron chi connectivity index (χ1n) is 8.58. The van der Waals surface area contributed by atoms with Crippen molar-refractivity contribution in [1.29, 1.82) is 0 Å². The van der Waals surface area contributed by atoms with Gasteiger partial charge in [-0.15, -0.1) is 0 Å². The van der Waals surface area contributed by atoms with Crippen molar-refractivity contribution in [1.82, 2.24) is 10.2 Å². The molecule has 1 heterocycles. The van der Waals surface area contributed by atoms with E-state index >= 15 is 0 Å². The van der Waals surface area contributed by atoms with Gasteiger partial charge in [0.1, 0.15) is 11.9 Å². The standard InChI is InChI=1S/C19H27ClN2O3/c1-18(2,3)25-17(24)22-11-9-19(13-23,10-12-22)16(21-4)14-5-7-15(20)8-6-14/h5-8,13,16,21H,9-12H2,1-4H3. The third kappa shape index (κ3) is 4.73. The topological polar surface area (TPSA) is 58.6 Å². The molecule has 0 aromatic heterocycles. The summed E-state index contributed by atoms with van der Waals surface area (Å²) in [6.07, 6.45) is 1.89. The molecule has 25 heavy (non-hydrogen) atoms. The summed E-state index contributed by atoms with van der Waals surface area (Å²) < 4.78 is 5.43. The number of carbonyl (C=O) groups is 2. The molecule has 1 N–H and O–H groups in total. The van der Waals surface area contributed by atoms with Crippen molar-refractivity contribution in [3.8, 4) is 0 Å². The molecule has 0 radical (unpaired) electrons. The predicted molar refractivity (Wildman–Crippen MR) is 98.8 cm³/mol. The zero-order valence-corrected chi connectivity index (χ0v) is 16.1. The van der Waals surface area contributed by atoms with Crippen molar-refractivity contribution in [2.45, 2.75) is 45.3 Å². The summed E-state index contributed by atoms with van der Waals surface area (Å²) in [5.74, 6) is 0. The van der Waals surface area contributed by atoms with Gasteiger partial charge in [-0.05, 0) is 58.4 Å². The first kappa shape index (κ1) is 19.7. The van der Waals surface area contributed by atoms with E-state index in [-0.39, 0.29) is 12.1 Å². The maximum atomic E-state index is 12.2. The van der Waals surface area contributed by atoms with E-state index < -0.39 is 11.0 Å². The highest BCUT2D eigenvalue weighted by Crippen LogP contribution is 2.41. The Kier molecular flexibility index (Phi) is 6.12. The minimum absolute atomic E-state index is 0.122. The van der Waals surface area contributed by atoms with Crippen LogP contribution in [0.2, 0.25) is 5.02 Å². The maximum Gasteiger partial charge on any atom is 0.410 e. The molecule has 1 unspecified atom stereocenters. The molecule has 1 aliphatic heterocycles. The lowest BCUT2D eigenvalue weighted by molar-refractivity contribution is -0.121. The van der Waals surface area contributed by atoms with Crippen molar-refractivity contribution < 1.29 is 14.3 Å². The Morgan fingerprint density at radius 3 is 2.28 bits per heavy atom. The predicted octanol–water partition coefficient (Wildman–Crippen LogP) is 3.82. The average molecular weight is 367 g/mol. The quantitative estimate of drug-likeness (QED) is 0.823. The molecule has 6 heteroatoms. The SMILES string of the molecule is CNC(c1ccc(Cl)cc1)C1(C=O)CCN(C(=O)OC(C)(C)C)CC1. The second-order valence-electron chi connectivity index (χ2n) is 7.59. The van der Waals surface area contributed by atoms with E-state index in [2.05, 4.69) is 5.32 Å². The highest BCUT2D eigenvalue weighted by Gasteiger charge is 2.43. The number of piperidine rings is 1. The zero-order valence-electron chi connectivity index (χ0n) is 15.3. The van der Waals surface area contributed by atoms with E-state index in [9.17, 15) is 9.59 Å². The minimum atomic E-state index is -0.554. The fourth-order valence-electron chi connectivity index (χ4n) is 3.35. The molecule has 138 valence electrons. The Morgan fingerprint density at radius 2 is 1.84 bits per heavy atom. The molecule has 0 saturated carbocycles. The zero-order chi connectivity index (χ0) is 18.7. The highest BCUT2D eigenvalue weighted by atomic mass is 35.5. The lowest BCUT2D eigenvalue weighted by Gasteiger charge is -2.43. The van der Waals surface area contributed by atoms with Crippen LogP contribution in [0.1, 0.15) is 45.2 Å². The number of aldehydes is 1. The number of likely N-dealkylation sites (tertiary alicyclic amines) is 1. The number of rotatable bonds is 4. The minimum Gasteiger partial charge on any atom is -0.444 e. The third-order valence-electron chi connectivity index (χ3n) is 4.65. The number of carbonyl (C=O) groups excluding carboxylic acids is 2. The Bertz CT molecular complexity index is 602. The number of nitrogens with one attached hydrogen (secondary N) is 1. The second kappa shape index (κ2) is 7.75. The molecule has 1 fully saturated rings. The van der Waals surface area contributed by atoms with Crippen LogP contribution in [0.25, 0.3) is 0 Å². The van der Waals surface area contributed by atoms with E-state index in [1.165, 1.54) is 0 Å². The Morgan fingerprint density at radius 1 is 1.28 bits per heavy atom. The molecular weight excluding hydrogens is 340 g/mol. The second-order valence-corrected chi connectivity index (χ2v) is 8.03. The summed E-state index contributed by atoms with van der Waals surface area (Å²) >= 11 is 5.97. The highest BCUT2D eigenvalue weighted by molar-refractivity contribution is 6.30. The third-order valence-corrected chi connectivity index (χ3v) is 4.90. The lowest BCUT2D eigenvalue weighted by atomic mass is 9.71.